The van der Waals surface area contributed by atoms with E-state index in [1.807, 2.05) is 42.5 Å². The first-order chi connectivity index (χ1) is 17.9. The first kappa shape index (κ1) is 24.9. The fourth-order valence-corrected chi connectivity index (χ4v) is 5.81. The SMILES string of the molecule is COc1ccc(-c2cc(OC(=O)CCN3C(=O)/C(=C/c4ccccc4)SC3=S)cc3sc(=O)oc23)cc1. The molecule has 0 radical (unpaired) electrons. The van der Waals surface area contributed by atoms with Gasteiger partial charge in [-0.3, -0.25) is 14.5 Å². The summed E-state index contributed by atoms with van der Waals surface area (Å²) in [7, 11) is 1.58. The molecule has 1 aliphatic heterocycles. The number of thiocarbonyl (C=S) groups is 1. The van der Waals surface area contributed by atoms with E-state index in [0.29, 0.717) is 30.8 Å². The molecule has 4 aromatic rings. The van der Waals surface area contributed by atoms with E-state index in [2.05, 4.69) is 0 Å². The number of esters is 1. The van der Waals surface area contributed by atoms with E-state index in [0.717, 1.165) is 22.5 Å². The maximum Gasteiger partial charge on any atom is 0.396 e. The van der Waals surface area contributed by atoms with Gasteiger partial charge in [0.25, 0.3) is 5.91 Å². The Bertz CT molecular complexity index is 1590. The molecule has 0 N–H and O–H groups in total. The van der Waals surface area contributed by atoms with Gasteiger partial charge in [-0.15, -0.1) is 0 Å². The molecule has 1 fully saturated rings. The van der Waals surface area contributed by atoms with Gasteiger partial charge < -0.3 is 13.9 Å². The number of amides is 1. The molecule has 1 aromatic heterocycles. The van der Waals surface area contributed by atoms with Crippen LogP contribution in [0.3, 0.4) is 0 Å². The maximum absolute atomic E-state index is 12.8. The Labute approximate surface area is 225 Å². The molecule has 0 saturated carbocycles. The Morgan fingerprint density at radius 1 is 1.05 bits per heavy atom. The van der Waals surface area contributed by atoms with Gasteiger partial charge in [0.2, 0.25) is 0 Å². The van der Waals surface area contributed by atoms with Crippen LogP contribution < -0.4 is 14.4 Å². The quantitative estimate of drug-likeness (QED) is 0.125. The number of fused-ring (bicyclic) bond motifs is 1. The summed E-state index contributed by atoms with van der Waals surface area (Å²) < 4.78 is 17.1. The van der Waals surface area contributed by atoms with E-state index in [1.54, 1.807) is 37.5 Å². The lowest BCUT2D eigenvalue weighted by Crippen LogP contribution is -2.31. The van der Waals surface area contributed by atoms with Crippen LogP contribution in [0.2, 0.25) is 0 Å². The van der Waals surface area contributed by atoms with Crippen LogP contribution in [0.1, 0.15) is 12.0 Å². The minimum atomic E-state index is -0.531. The number of nitrogens with zero attached hydrogens (tertiary/aromatic N) is 1. The van der Waals surface area contributed by atoms with Crippen LogP contribution in [0, 0.1) is 0 Å². The summed E-state index contributed by atoms with van der Waals surface area (Å²) in [5.41, 5.74) is 2.70. The van der Waals surface area contributed by atoms with Gasteiger partial charge in [0.05, 0.1) is 23.1 Å². The Balaban J connectivity index is 1.31. The lowest BCUT2D eigenvalue weighted by atomic mass is 10.0. The van der Waals surface area contributed by atoms with Crippen molar-refractivity contribution in [2.24, 2.45) is 0 Å². The van der Waals surface area contributed by atoms with Crippen molar-refractivity contribution in [3.8, 4) is 22.6 Å². The third-order valence-corrected chi connectivity index (χ3v) is 7.70. The Kier molecular flexibility index (Phi) is 7.22. The van der Waals surface area contributed by atoms with Crippen LogP contribution in [0.25, 0.3) is 27.5 Å². The van der Waals surface area contributed by atoms with Gasteiger partial charge >= 0.3 is 10.9 Å². The third kappa shape index (κ3) is 5.51. The highest BCUT2D eigenvalue weighted by Gasteiger charge is 2.32. The number of benzene rings is 3. The van der Waals surface area contributed by atoms with Crippen molar-refractivity contribution in [3.63, 3.8) is 0 Å². The monoisotopic (exact) mass is 549 g/mol. The van der Waals surface area contributed by atoms with Gasteiger partial charge in [-0.1, -0.05) is 77.8 Å². The number of carbonyl (C=O) groups excluding carboxylic acids is 2. The summed E-state index contributed by atoms with van der Waals surface area (Å²) in [6, 6.07) is 20.0. The number of methoxy groups -OCH3 is 1. The largest absolute Gasteiger partial charge is 0.497 e. The average molecular weight is 550 g/mol. The summed E-state index contributed by atoms with van der Waals surface area (Å²) in [4.78, 5) is 38.9. The second-order valence-corrected chi connectivity index (χ2v) is 10.6. The van der Waals surface area contributed by atoms with Gasteiger partial charge in [-0.05, 0) is 35.4 Å². The molecule has 5 rings (SSSR count). The smallest absolute Gasteiger partial charge is 0.396 e. The molecule has 1 amide bonds. The van der Waals surface area contributed by atoms with Gasteiger partial charge in [0.1, 0.15) is 15.8 Å². The molecule has 0 bridgehead atoms. The Hall–Kier alpha value is -3.73. The zero-order valence-corrected chi connectivity index (χ0v) is 21.9. The first-order valence-electron chi connectivity index (χ1n) is 11.1. The predicted molar refractivity (Wildman–Crippen MR) is 149 cm³/mol. The van der Waals surface area contributed by atoms with Crippen molar-refractivity contribution in [2.45, 2.75) is 6.42 Å². The molecule has 0 atom stereocenters. The lowest BCUT2D eigenvalue weighted by Gasteiger charge is -2.14. The summed E-state index contributed by atoms with van der Waals surface area (Å²) in [5.74, 6) is 0.188. The highest BCUT2D eigenvalue weighted by Crippen LogP contribution is 2.36. The average Bonchev–Trinajstić information content (AvgIpc) is 3.40. The zero-order chi connectivity index (χ0) is 25.9. The van der Waals surface area contributed by atoms with Crippen molar-refractivity contribution >= 4 is 67.9 Å². The topological polar surface area (TPSA) is 86.0 Å². The van der Waals surface area contributed by atoms with Crippen LogP contribution in [-0.2, 0) is 9.59 Å². The van der Waals surface area contributed by atoms with Crippen LogP contribution in [0.5, 0.6) is 11.5 Å². The van der Waals surface area contributed by atoms with E-state index in [-0.39, 0.29) is 24.6 Å². The number of thioether (sulfide) groups is 1. The van der Waals surface area contributed by atoms with Crippen molar-refractivity contribution in [2.75, 3.05) is 13.7 Å². The Morgan fingerprint density at radius 3 is 2.54 bits per heavy atom. The van der Waals surface area contributed by atoms with Crippen LogP contribution in [0.4, 0.5) is 0 Å². The summed E-state index contributed by atoms with van der Waals surface area (Å²) in [6.07, 6.45) is 1.73. The predicted octanol–water partition coefficient (Wildman–Crippen LogP) is 5.73. The molecule has 0 spiro atoms. The van der Waals surface area contributed by atoms with E-state index in [1.165, 1.54) is 16.7 Å². The van der Waals surface area contributed by atoms with Crippen LogP contribution in [0.15, 0.2) is 80.8 Å². The fraction of sp³-hybridized carbons (Fsp3) is 0.111. The molecule has 186 valence electrons. The fourth-order valence-electron chi connectivity index (χ4n) is 3.77. The standard InChI is InChI=1S/C27H19NO6S3/c1-32-18-9-7-17(8-10-18)20-14-19(15-21-24(20)34-27(31)37-21)33-23(29)11-12-28-25(30)22(36-26(28)35)13-16-5-3-2-4-6-16/h2-10,13-15H,11-12H2,1H3/b22-13-. The number of ether oxygens (including phenoxy) is 2. The van der Waals surface area contributed by atoms with E-state index in [4.69, 9.17) is 26.1 Å². The van der Waals surface area contributed by atoms with Crippen molar-refractivity contribution in [1.82, 2.24) is 4.90 Å². The third-order valence-electron chi connectivity index (χ3n) is 5.55. The second kappa shape index (κ2) is 10.7. The molecule has 10 heteroatoms. The summed E-state index contributed by atoms with van der Waals surface area (Å²) >= 11 is 7.50. The Morgan fingerprint density at radius 2 is 1.81 bits per heavy atom. The van der Waals surface area contributed by atoms with Crippen molar-refractivity contribution < 1.29 is 23.5 Å². The number of rotatable bonds is 7. The lowest BCUT2D eigenvalue weighted by molar-refractivity contribution is -0.134. The van der Waals surface area contributed by atoms with E-state index < -0.39 is 10.9 Å². The van der Waals surface area contributed by atoms with E-state index in [9.17, 15) is 14.4 Å². The highest BCUT2D eigenvalue weighted by molar-refractivity contribution is 8.26. The van der Waals surface area contributed by atoms with Crippen molar-refractivity contribution in [3.05, 3.63) is 86.9 Å². The molecule has 0 unspecified atom stereocenters. The normalized spacial score (nSPS) is 14.5. The van der Waals surface area contributed by atoms with Gasteiger partial charge in [-0.2, -0.15) is 0 Å². The van der Waals surface area contributed by atoms with Gasteiger partial charge in [0, 0.05) is 18.2 Å². The molecule has 37 heavy (non-hydrogen) atoms. The minimum Gasteiger partial charge on any atom is -0.497 e. The van der Waals surface area contributed by atoms with E-state index >= 15 is 0 Å². The first-order valence-corrected chi connectivity index (χ1v) is 13.2. The number of hydrogen-bond donors (Lipinski definition) is 0. The maximum atomic E-state index is 12.8. The van der Waals surface area contributed by atoms with Crippen molar-refractivity contribution in [1.29, 1.82) is 0 Å². The summed E-state index contributed by atoms with van der Waals surface area (Å²) in [6.45, 7) is 0.0995. The second-order valence-electron chi connectivity index (χ2n) is 7.95. The highest BCUT2D eigenvalue weighted by atomic mass is 32.2. The number of hydrogen-bond acceptors (Lipinski definition) is 9. The molecule has 1 aliphatic rings. The molecular weight excluding hydrogens is 530 g/mol. The van der Waals surface area contributed by atoms with Gasteiger partial charge in [0.15, 0.2) is 5.58 Å². The van der Waals surface area contributed by atoms with Gasteiger partial charge in [-0.25, -0.2) is 4.79 Å². The molecule has 0 aliphatic carbocycles. The summed E-state index contributed by atoms with van der Waals surface area (Å²) in [5, 5.41) is 0. The molecular formula is C27H19NO6S3. The molecule has 7 nitrogen and oxygen atoms in total. The molecule has 2 heterocycles. The molecule has 1 saturated heterocycles. The zero-order valence-electron chi connectivity index (χ0n) is 19.5. The number of carbonyl (C=O) groups is 2. The molecule has 3 aromatic carbocycles. The van der Waals surface area contributed by atoms with Crippen LogP contribution in [-0.4, -0.2) is 34.8 Å². The van der Waals surface area contributed by atoms with Crippen LogP contribution >= 0.6 is 35.3 Å². The minimum absolute atomic E-state index is 0.0530.